The molecule has 7 heteroatoms. The van der Waals surface area contributed by atoms with Gasteiger partial charge in [0.15, 0.2) is 0 Å². The Morgan fingerprint density at radius 2 is 1.71 bits per heavy atom. The first-order valence-corrected chi connectivity index (χ1v) is 7.71. The molecule has 0 unspecified atom stereocenters. The molecule has 112 valence electrons. The van der Waals surface area contributed by atoms with Gasteiger partial charge in [-0.05, 0) is 42.3 Å². The van der Waals surface area contributed by atoms with Crippen LogP contribution in [0.15, 0.2) is 47.4 Å². The van der Waals surface area contributed by atoms with E-state index >= 15 is 0 Å². The largest absolute Gasteiger partial charge is 0.382 e. The van der Waals surface area contributed by atoms with E-state index in [0.717, 1.165) is 11.6 Å². The summed E-state index contributed by atoms with van der Waals surface area (Å²) in [5.41, 5.74) is 1.09. The van der Waals surface area contributed by atoms with Crippen molar-refractivity contribution in [2.45, 2.75) is 11.3 Å². The van der Waals surface area contributed by atoms with E-state index in [1.807, 2.05) is 0 Å². The Kier molecular flexibility index (Phi) is 4.54. The highest BCUT2D eigenvalue weighted by Crippen LogP contribution is 2.18. The molecule has 0 aliphatic heterocycles. The van der Waals surface area contributed by atoms with Crippen LogP contribution in [0.5, 0.6) is 0 Å². The first-order valence-electron chi connectivity index (χ1n) is 6.17. The Hall–Kier alpha value is -1.99. The summed E-state index contributed by atoms with van der Waals surface area (Å²) in [6.07, 6.45) is 0.580. The van der Waals surface area contributed by atoms with Gasteiger partial charge in [-0.25, -0.2) is 22.3 Å². The Labute approximate surface area is 121 Å². The summed E-state index contributed by atoms with van der Waals surface area (Å²) in [5.74, 6) is -1.00. The molecule has 0 bridgehead atoms. The highest BCUT2D eigenvalue weighted by Gasteiger charge is 2.11. The summed E-state index contributed by atoms with van der Waals surface area (Å²) in [6.45, 7) is 0.428. The molecule has 0 heterocycles. The number of sulfonamides is 1. The van der Waals surface area contributed by atoms with E-state index < -0.39 is 15.8 Å². The van der Waals surface area contributed by atoms with Crippen molar-refractivity contribution in [2.75, 3.05) is 11.9 Å². The molecular weight excluding hydrogens is 298 g/mol. The minimum atomic E-state index is -3.91. The average Bonchev–Trinajstić information content (AvgIpc) is 2.41. The van der Waals surface area contributed by atoms with Crippen LogP contribution in [0.2, 0.25) is 0 Å². The molecule has 4 nitrogen and oxygen atoms in total. The van der Waals surface area contributed by atoms with Crippen molar-refractivity contribution in [3.8, 4) is 0 Å². The first-order chi connectivity index (χ1) is 9.86. The molecule has 2 rings (SSSR count). The SMILES string of the molecule is NS(=O)(=O)c1ccc(NCCc2ccc(F)cc2)c(F)c1. The van der Waals surface area contributed by atoms with Crippen LogP contribution in [0.3, 0.4) is 0 Å². The van der Waals surface area contributed by atoms with Crippen LogP contribution in [0.1, 0.15) is 5.56 Å². The predicted octanol–water partition coefficient (Wildman–Crippen LogP) is 2.27. The Bertz CT molecular complexity index is 731. The van der Waals surface area contributed by atoms with Gasteiger partial charge in [-0.2, -0.15) is 0 Å². The van der Waals surface area contributed by atoms with Gasteiger partial charge >= 0.3 is 0 Å². The first kappa shape index (κ1) is 15.4. The van der Waals surface area contributed by atoms with Gasteiger partial charge in [-0.15, -0.1) is 0 Å². The van der Waals surface area contributed by atoms with Crippen molar-refractivity contribution in [1.82, 2.24) is 0 Å². The van der Waals surface area contributed by atoms with Gasteiger partial charge in [0, 0.05) is 6.54 Å². The van der Waals surface area contributed by atoms with E-state index in [9.17, 15) is 17.2 Å². The lowest BCUT2D eigenvalue weighted by Gasteiger charge is -2.08. The number of benzene rings is 2. The van der Waals surface area contributed by atoms with Crippen LogP contribution in [-0.2, 0) is 16.4 Å². The lowest BCUT2D eigenvalue weighted by molar-refractivity contribution is 0.593. The number of rotatable bonds is 5. The Morgan fingerprint density at radius 1 is 1.05 bits per heavy atom. The number of halogens is 2. The minimum absolute atomic E-state index is 0.185. The number of nitrogens with one attached hydrogen (secondary N) is 1. The maximum absolute atomic E-state index is 13.7. The van der Waals surface area contributed by atoms with Gasteiger partial charge in [-0.1, -0.05) is 12.1 Å². The molecule has 0 saturated heterocycles. The van der Waals surface area contributed by atoms with Gasteiger partial charge < -0.3 is 5.32 Å². The fourth-order valence-electron chi connectivity index (χ4n) is 1.81. The summed E-state index contributed by atoms with van der Waals surface area (Å²) >= 11 is 0. The van der Waals surface area contributed by atoms with Gasteiger partial charge in [-0.3, -0.25) is 0 Å². The number of primary sulfonamides is 1. The van der Waals surface area contributed by atoms with E-state index in [1.165, 1.54) is 24.3 Å². The predicted molar refractivity (Wildman–Crippen MR) is 76.4 cm³/mol. The van der Waals surface area contributed by atoms with E-state index in [-0.39, 0.29) is 16.4 Å². The molecule has 0 aliphatic carbocycles. The zero-order valence-electron chi connectivity index (χ0n) is 11.0. The van der Waals surface area contributed by atoms with E-state index in [1.54, 1.807) is 12.1 Å². The van der Waals surface area contributed by atoms with E-state index in [4.69, 9.17) is 5.14 Å². The van der Waals surface area contributed by atoms with Crippen molar-refractivity contribution in [1.29, 1.82) is 0 Å². The minimum Gasteiger partial charge on any atom is -0.382 e. The Balaban J connectivity index is 1.99. The number of hydrogen-bond acceptors (Lipinski definition) is 3. The van der Waals surface area contributed by atoms with Crippen LogP contribution in [-0.4, -0.2) is 15.0 Å². The molecule has 21 heavy (non-hydrogen) atoms. The summed E-state index contributed by atoms with van der Waals surface area (Å²) in [5, 5.41) is 7.77. The van der Waals surface area contributed by atoms with Crippen LogP contribution in [0, 0.1) is 11.6 Å². The van der Waals surface area contributed by atoms with Crippen molar-refractivity contribution >= 4 is 15.7 Å². The van der Waals surface area contributed by atoms with Crippen molar-refractivity contribution in [3.63, 3.8) is 0 Å². The molecule has 3 N–H and O–H groups in total. The molecule has 0 saturated carbocycles. The van der Waals surface area contributed by atoms with Crippen molar-refractivity contribution < 1.29 is 17.2 Å². The van der Waals surface area contributed by atoms with Gasteiger partial charge in [0.1, 0.15) is 11.6 Å². The molecular formula is C14H14F2N2O2S. The lowest BCUT2D eigenvalue weighted by atomic mass is 10.1. The van der Waals surface area contributed by atoms with Crippen molar-refractivity contribution in [2.24, 2.45) is 5.14 Å². The Morgan fingerprint density at radius 3 is 2.29 bits per heavy atom. The second-order valence-corrected chi connectivity index (χ2v) is 6.05. The molecule has 0 aliphatic rings. The molecule has 0 atom stereocenters. The zero-order valence-corrected chi connectivity index (χ0v) is 11.8. The zero-order chi connectivity index (χ0) is 15.5. The monoisotopic (exact) mass is 312 g/mol. The topological polar surface area (TPSA) is 72.2 Å². The van der Waals surface area contributed by atoms with Crippen molar-refractivity contribution in [3.05, 3.63) is 59.7 Å². The highest BCUT2D eigenvalue weighted by atomic mass is 32.2. The average molecular weight is 312 g/mol. The number of hydrogen-bond donors (Lipinski definition) is 2. The third-order valence-corrected chi connectivity index (χ3v) is 3.82. The normalized spacial score (nSPS) is 11.4. The van der Waals surface area contributed by atoms with Crippen LogP contribution < -0.4 is 10.5 Å². The molecule has 2 aromatic rings. The summed E-state index contributed by atoms with van der Waals surface area (Å²) in [7, 11) is -3.91. The summed E-state index contributed by atoms with van der Waals surface area (Å²) < 4.78 is 48.6. The van der Waals surface area contributed by atoms with Gasteiger partial charge in [0.25, 0.3) is 0 Å². The third-order valence-electron chi connectivity index (χ3n) is 2.91. The molecule has 0 radical (unpaired) electrons. The summed E-state index contributed by atoms with van der Waals surface area (Å²) in [6, 6.07) is 9.44. The molecule has 0 fully saturated rings. The van der Waals surface area contributed by atoms with E-state index in [2.05, 4.69) is 5.32 Å². The molecule has 0 spiro atoms. The maximum atomic E-state index is 13.7. The van der Waals surface area contributed by atoms with Crippen LogP contribution >= 0.6 is 0 Å². The second kappa shape index (κ2) is 6.19. The standard InChI is InChI=1S/C14H14F2N2O2S/c15-11-3-1-10(2-4-11)7-8-18-14-6-5-12(9-13(14)16)21(17,19)20/h1-6,9,18H,7-8H2,(H2,17,19,20). The highest BCUT2D eigenvalue weighted by molar-refractivity contribution is 7.89. The molecule has 2 aromatic carbocycles. The van der Waals surface area contributed by atoms with Gasteiger partial charge in [0.2, 0.25) is 10.0 Å². The van der Waals surface area contributed by atoms with Crippen LogP contribution in [0.25, 0.3) is 0 Å². The lowest BCUT2D eigenvalue weighted by Crippen LogP contribution is -2.13. The smallest absolute Gasteiger partial charge is 0.238 e. The van der Waals surface area contributed by atoms with E-state index in [0.29, 0.717) is 13.0 Å². The second-order valence-electron chi connectivity index (χ2n) is 4.49. The fourth-order valence-corrected chi connectivity index (χ4v) is 2.33. The maximum Gasteiger partial charge on any atom is 0.238 e. The van der Waals surface area contributed by atoms with Gasteiger partial charge in [0.05, 0.1) is 10.6 Å². The number of nitrogens with two attached hydrogens (primary N) is 1. The molecule has 0 aromatic heterocycles. The molecule has 0 amide bonds. The quantitative estimate of drug-likeness (QED) is 0.889. The summed E-state index contributed by atoms with van der Waals surface area (Å²) in [4.78, 5) is -0.274. The fraction of sp³-hybridized carbons (Fsp3) is 0.143. The van der Waals surface area contributed by atoms with Crippen LogP contribution in [0.4, 0.5) is 14.5 Å². The third kappa shape index (κ3) is 4.24. The number of anilines is 1.